The lowest BCUT2D eigenvalue weighted by molar-refractivity contribution is 0.280. The molecule has 0 radical (unpaired) electrons. The summed E-state index contributed by atoms with van der Waals surface area (Å²) in [4.78, 5) is 0.250. The van der Waals surface area contributed by atoms with Crippen LogP contribution in [0, 0.1) is 6.92 Å². The zero-order valence-corrected chi connectivity index (χ0v) is 14.9. The number of aliphatic hydroxyl groups excluding tert-OH is 1. The molecule has 4 nitrogen and oxygen atoms in total. The molecule has 1 aliphatic rings. The van der Waals surface area contributed by atoms with E-state index in [-0.39, 0.29) is 17.5 Å². The molecule has 0 aliphatic heterocycles. The summed E-state index contributed by atoms with van der Waals surface area (Å²) in [7, 11) is -1.88. The molecule has 0 atom stereocenters. The maximum Gasteiger partial charge on any atom is 0.244 e. The Morgan fingerprint density at radius 2 is 1.90 bits per heavy atom. The molecular weight excluding hydrogens is 354 g/mol. The second-order valence-corrected chi connectivity index (χ2v) is 8.45. The third-order valence-electron chi connectivity index (χ3n) is 4.21. The van der Waals surface area contributed by atoms with Crippen LogP contribution in [0.2, 0.25) is 0 Å². The molecule has 0 amide bonds. The molecule has 0 unspecified atom stereocenters. The van der Waals surface area contributed by atoms with Crippen LogP contribution in [0.1, 0.15) is 43.2 Å². The summed E-state index contributed by atoms with van der Waals surface area (Å²) < 4.78 is 27.9. The van der Waals surface area contributed by atoms with Crippen LogP contribution in [0.5, 0.6) is 0 Å². The van der Waals surface area contributed by atoms with E-state index >= 15 is 0 Å². The van der Waals surface area contributed by atoms with Crippen molar-refractivity contribution in [3.8, 4) is 0 Å². The molecule has 1 fully saturated rings. The molecule has 1 aliphatic carbocycles. The van der Waals surface area contributed by atoms with Gasteiger partial charge in [0.15, 0.2) is 0 Å². The fourth-order valence-corrected chi connectivity index (χ4v) is 5.33. The fraction of sp³-hybridized carbons (Fsp3) is 0.600. The largest absolute Gasteiger partial charge is 0.392 e. The van der Waals surface area contributed by atoms with Crippen LogP contribution >= 0.6 is 15.9 Å². The Morgan fingerprint density at radius 1 is 1.29 bits per heavy atom. The summed E-state index contributed by atoms with van der Waals surface area (Å²) in [5.74, 6) is 0. The molecule has 0 aromatic heterocycles. The zero-order valence-electron chi connectivity index (χ0n) is 12.5. The van der Waals surface area contributed by atoms with Crippen LogP contribution < -0.4 is 0 Å². The van der Waals surface area contributed by atoms with E-state index < -0.39 is 10.0 Å². The number of hydrogen-bond acceptors (Lipinski definition) is 3. The third-order valence-corrected chi connectivity index (χ3v) is 7.46. The molecule has 0 bridgehead atoms. The number of halogens is 1. The van der Waals surface area contributed by atoms with E-state index in [0.717, 1.165) is 31.2 Å². The second kappa shape index (κ2) is 6.77. The Bertz CT molecular complexity index is 610. The second-order valence-electron chi connectivity index (χ2n) is 5.70. The van der Waals surface area contributed by atoms with Gasteiger partial charge < -0.3 is 5.11 Å². The Labute approximate surface area is 135 Å². The Balaban J connectivity index is 2.40. The molecule has 2 rings (SSSR count). The van der Waals surface area contributed by atoms with E-state index in [1.807, 2.05) is 6.92 Å². The molecule has 0 heterocycles. The molecule has 1 saturated carbocycles. The Morgan fingerprint density at radius 3 is 2.48 bits per heavy atom. The van der Waals surface area contributed by atoms with Crippen molar-refractivity contribution in [2.75, 3.05) is 7.05 Å². The average molecular weight is 376 g/mol. The normalized spacial score (nSPS) is 17.4. The lowest BCUT2D eigenvalue weighted by Gasteiger charge is -2.31. The number of benzene rings is 1. The molecule has 21 heavy (non-hydrogen) atoms. The predicted octanol–water partition coefficient (Wildman–Crippen LogP) is 3.20. The van der Waals surface area contributed by atoms with Gasteiger partial charge in [0.05, 0.1) is 11.5 Å². The minimum absolute atomic E-state index is 0.0775. The summed E-state index contributed by atoms with van der Waals surface area (Å²) >= 11 is 3.38. The van der Waals surface area contributed by atoms with Gasteiger partial charge in [0.25, 0.3) is 0 Å². The first-order valence-electron chi connectivity index (χ1n) is 7.26. The van der Waals surface area contributed by atoms with E-state index in [9.17, 15) is 13.5 Å². The molecule has 118 valence electrons. The fourth-order valence-electron chi connectivity index (χ4n) is 2.88. The van der Waals surface area contributed by atoms with E-state index in [1.54, 1.807) is 19.2 Å². The zero-order chi connectivity index (χ0) is 15.6. The number of nitrogens with zero attached hydrogens (tertiary/aromatic N) is 1. The van der Waals surface area contributed by atoms with Gasteiger partial charge in [-0.2, -0.15) is 4.31 Å². The number of hydrogen-bond donors (Lipinski definition) is 1. The first-order chi connectivity index (χ1) is 9.87. The average Bonchev–Trinajstić information content (AvgIpc) is 2.49. The molecule has 6 heteroatoms. The summed E-state index contributed by atoms with van der Waals surface area (Å²) in [5, 5.41) is 9.31. The van der Waals surface area contributed by atoms with Gasteiger partial charge in [-0.05, 0) is 52.9 Å². The molecule has 0 spiro atoms. The van der Waals surface area contributed by atoms with Gasteiger partial charge in [0.1, 0.15) is 0 Å². The van der Waals surface area contributed by atoms with Gasteiger partial charge in [-0.15, -0.1) is 0 Å². The van der Waals surface area contributed by atoms with Crippen LogP contribution in [-0.2, 0) is 16.6 Å². The van der Waals surface area contributed by atoms with Gasteiger partial charge in [-0.1, -0.05) is 25.3 Å². The third kappa shape index (κ3) is 3.50. The maximum absolute atomic E-state index is 12.9. The van der Waals surface area contributed by atoms with Gasteiger partial charge in [0.2, 0.25) is 10.0 Å². The molecule has 1 N–H and O–H groups in total. The molecular formula is C15H22BrNO3S. The van der Waals surface area contributed by atoms with Crippen LogP contribution in [0.25, 0.3) is 0 Å². The van der Waals surface area contributed by atoms with E-state index in [1.165, 1.54) is 10.7 Å². The van der Waals surface area contributed by atoms with Crippen LogP contribution in [-0.4, -0.2) is 30.9 Å². The Kier molecular flexibility index (Phi) is 5.46. The van der Waals surface area contributed by atoms with Crippen molar-refractivity contribution in [1.82, 2.24) is 4.31 Å². The van der Waals surface area contributed by atoms with Gasteiger partial charge >= 0.3 is 0 Å². The molecule has 1 aromatic rings. The summed E-state index contributed by atoms with van der Waals surface area (Å²) in [6, 6.07) is 3.43. The summed E-state index contributed by atoms with van der Waals surface area (Å²) in [6.07, 6.45) is 5.20. The maximum atomic E-state index is 12.9. The highest BCUT2D eigenvalue weighted by molar-refractivity contribution is 9.10. The van der Waals surface area contributed by atoms with Crippen molar-refractivity contribution < 1.29 is 13.5 Å². The predicted molar refractivity (Wildman–Crippen MR) is 86.6 cm³/mol. The van der Waals surface area contributed by atoms with Crippen LogP contribution in [0.3, 0.4) is 0 Å². The highest BCUT2D eigenvalue weighted by Crippen LogP contribution is 2.32. The minimum Gasteiger partial charge on any atom is -0.392 e. The van der Waals surface area contributed by atoms with E-state index in [2.05, 4.69) is 15.9 Å². The van der Waals surface area contributed by atoms with Crippen LogP contribution in [0.4, 0.5) is 0 Å². The molecule has 1 aromatic carbocycles. The Hall–Kier alpha value is -0.430. The summed E-state index contributed by atoms with van der Waals surface area (Å²) in [5.41, 5.74) is 1.43. The monoisotopic (exact) mass is 375 g/mol. The standard InChI is InChI=1S/C15H22BrNO3S/c1-11-8-12(10-18)9-14(15(11)16)21(19,20)17(2)13-6-4-3-5-7-13/h8-9,13,18H,3-7,10H2,1-2H3. The lowest BCUT2D eigenvalue weighted by atomic mass is 9.96. The smallest absolute Gasteiger partial charge is 0.244 e. The van der Waals surface area contributed by atoms with Gasteiger partial charge in [-0.25, -0.2) is 8.42 Å². The van der Waals surface area contributed by atoms with E-state index in [0.29, 0.717) is 10.0 Å². The first kappa shape index (κ1) is 16.9. The topological polar surface area (TPSA) is 57.6 Å². The molecule has 0 saturated heterocycles. The number of aryl methyl sites for hydroxylation is 1. The van der Waals surface area contributed by atoms with Gasteiger partial charge in [-0.3, -0.25) is 0 Å². The van der Waals surface area contributed by atoms with Crippen molar-refractivity contribution in [3.05, 3.63) is 27.7 Å². The van der Waals surface area contributed by atoms with Crippen molar-refractivity contribution >= 4 is 26.0 Å². The first-order valence-corrected chi connectivity index (χ1v) is 9.49. The van der Waals surface area contributed by atoms with Crippen molar-refractivity contribution in [3.63, 3.8) is 0 Å². The minimum atomic E-state index is -3.55. The quantitative estimate of drug-likeness (QED) is 0.878. The van der Waals surface area contributed by atoms with E-state index in [4.69, 9.17) is 0 Å². The number of aliphatic hydroxyl groups is 1. The van der Waals surface area contributed by atoms with Gasteiger partial charge in [0, 0.05) is 17.6 Å². The van der Waals surface area contributed by atoms with Crippen molar-refractivity contribution in [2.45, 2.75) is 56.6 Å². The summed E-state index contributed by atoms with van der Waals surface area (Å²) in [6.45, 7) is 1.67. The SMILES string of the molecule is Cc1cc(CO)cc(S(=O)(=O)N(C)C2CCCCC2)c1Br. The number of rotatable bonds is 4. The van der Waals surface area contributed by atoms with Crippen molar-refractivity contribution in [2.24, 2.45) is 0 Å². The van der Waals surface area contributed by atoms with Crippen molar-refractivity contribution in [1.29, 1.82) is 0 Å². The van der Waals surface area contributed by atoms with Crippen LogP contribution in [0.15, 0.2) is 21.5 Å². The lowest BCUT2D eigenvalue weighted by Crippen LogP contribution is -2.38. The number of sulfonamides is 1. The highest BCUT2D eigenvalue weighted by Gasteiger charge is 2.31. The highest BCUT2D eigenvalue weighted by atomic mass is 79.9.